The third-order valence-corrected chi connectivity index (χ3v) is 5.65. The predicted molar refractivity (Wildman–Crippen MR) is 110 cm³/mol. The molecule has 0 fully saturated rings. The molecule has 0 saturated heterocycles. The van der Waals surface area contributed by atoms with Gasteiger partial charge < -0.3 is 16.4 Å². The summed E-state index contributed by atoms with van der Waals surface area (Å²) in [6.45, 7) is 0.431. The van der Waals surface area contributed by atoms with E-state index < -0.39 is 5.91 Å². The van der Waals surface area contributed by atoms with Gasteiger partial charge in [0.05, 0.1) is 16.1 Å². The highest BCUT2D eigenvalue weighted by molar-refractivity contribution is 7.13. The molecule has 8 heteroatoms. The van der Waals surface area contributed by atoms with Crippen LogP contribution in [-0.4, -0.2) is 35.5 Å². The van der Waals surface area contributed by atoms with Crippen LogP contribution in [0.25, 0.3) is 10.6 Å². The molecule has 27 heavy (non-hydrogen) atoms. The van der Waals surface area contributed by atoms with E-state index in [1.165, 1.54) is 11.3 Å². The number of amides is 1. The number of benzene rings is 1. The molecule has 0 aliphatic carbocycles. The summed E-state index contributed by atoms with van der Waals surface area (Å²) in [7, 11) is 1.91. The summed E-state index contributed by atoms with van der Waals surface area (Å²) in [6.07, 6.45) is 2.38. The van der Waals surface area contributed by atoms with Crippen LogP contribution in [-0.2, 0) is 6.42 Å². The Morgan fingerprint density at radius 1 is 1.33 bits per heavy atom. The Bertz CT molecular complexity index is 945. The first-order valence-electron chi connectivity index (χ1n) is 8.37. The molecule has 3 rings (SSSR count). The van der Waals surface area contributed by atoms with E-state index in [1.54, 1.807) is 23.7 Å². The highest BCUT2D eigenvalue weighted by Gasteiger charge is 2.19. The molecule has 140 valence electrons. The largest absolute Gasteiger partial charge is 0.366 e. The van der Waals surface area contributed by atoms with E-state index in [2.05, 4.69) is 9.97 Å². The zero-order chi connectivity index (χ0) is 19.4. The molecule has 0 bridgehead atoms. The Kier molecular flexibility index (Phi) is 6.05. The minimum atomic E-state index is -0.452. The smallest absolute Gasteiger partial charge is 0.249 e. The fourth-order valence-electron chi connectivity index (χ4n) is 2.71. The van der Waals surface area contributed by atoms with Crippen LogP contribution in [0.5, 0.6) is 0 Å². The molecule has 6 nitrogen and oxygen atoms in total. The van der Waals surface area contributed by atoms with Crippen molar-refractivity contribution in [2.45, 2.75) is 12.5 Å². The van der Waals surface area contributed by atoms with E-state index >= 15 is 0 Å². The minimum Gasteiger partial charge on any atom is -0.366 e. The lowest BCUT2D eigenvalue weighted by Gasteiger charge is -2.27. The molecule has 1 aromatic carbocycles. The number of likely N-dealkylation sites (N-methyl/N-ethyl adjacent to an activating group) is 1. The van der Waals surface area contributed by atoms with Crippen molar-refractivity contribution in [1.82, 2.24) is 9.97 Å². The average molecular weight is 402 g/mol. The number of rotatable bonds is 7. The summed E-state index contributed by atoms with van der Waals surface area (Å²) < 4.78 is 0. The van der Waals surface area contributed by atoms with Crippen molar-refractivity contribution in [3.8, 4) is 10.6 Å². The molecule has 1 amide bonds. The van der Waals surface area contributed by atoms with Gasteiger partial charge in [-0.1, -0.05) is 29.8 Å². The summed E-state index contributed by atoms with van der Waals surface area (Å²) >= 11 is 7.70. The van der Waals surface area contributed by atoms with E-state index in [0.717, 1.165) is 21.2 Å². The number of carbonyl (C=O) groups excluding carboxylic acids is 1. The van der Waals surface area contributed by atoms with Gasteiger partial charge in [0, 0.05) is 36.2 Å². The van der Waals surface area contributed by atoms with E-state index in [1.807, 2.05) is 36.2 Å². The molecule has 0 saturated carbocycles. The summed E-state index contributed by atoms with van der Waals surface area (Å²) in [5.74, 6) is 0.107. The van der Waals surface area contributed by atoms with Crippen molar-refractivity contribution in [2.75, 3.05) is 18.5 Å². The first kappa shape index (κ1) is 19.3. The quantitative estimate of drug-likeness (QED) is 0.634. The number of hydrogen-bond donors (Lipinski definition) is 2. The van der Waals surface area contributed by atoms with Crippen molar-refractivity contribution in [3.63, 3.8) is 0 Å². The molecule has 1 unspecified atom stereocenters. The molecule has 2 aromatic heterocycles. The lowest BCUT2D eigenvalue weighted by Crippen LogP contribution is -2.40. The topological polar surface area (TPSA) is 98.1 Å². The van der Waals surface area contributed by atoms with Crippen LogP contribution < -0.4 is 16.4 Å². The second kappa shape index (κ2) is 8.47. The Balaban J connectivity index is 1.83. The zero-order valence-electron chi connectivity index (χ0n) is 14.8. The summed E-state index contributed by atoms with van der Waals surface area (Å²) in [6, 6.07) is 11.3. The molecular weight excluding hydrogens is 382 g/mol. The Morgan fingerprint density at radius 2 is 2.11 bits per heavy atom. The van der Waals surface area contributed by atoms with E-state index in [0.29, 0.717) is 24.5 Å². The van der Waals surface area contributed by atoms with Crippen LogP contribution in [0.3, 0.4) is 0 Å². The van der Waals surface area contributed by atoms with Crippen molar-refractivity contribution in [1.29, 1.82) is 0 Å². The number of hydrogen-bond acceptors (Lipinski definition) is 6. The average Bonchev–Trinajstić information content (AvgIpc) is 3.18. The second-order valence-electron chi connectivity index (χ2n) is 6.10. The van der Waals surface area contributed by atoms with Crippen molar-refractivity contribution in [3.05, 3.63) is 64.1 Å². The van der Waals surface area contributed by atoms with Crippen molar-refractivity contribution >= 4 is 34.8 Å². The van der Waals surface area contributed by atoms with Crippen LogP contribution in [0.2, 0.25) is 5.02 Å². The van der Waals surface area contributed by atoms with Crippen LogP contribution in [0.15, 0.2) is 48.0 Å². The van der Waals surface area contributed by atoms with Gasteiger partial charge in [0.2, 0.25) is 11.9 Å². The molecular formula is C19H20ClN5OS. The SMILES string of the molecule is CN(c1nccc(-c2cc(C(N)=O)cs2)n1)C(CN)Cc1ccccc1Cl. The highest BCUT2D eigenvalue weighted by Crippen LogP contribution is 2.27. The third kappa shape index (κ3) is 4.44. The number of anilines is 1. The first-order valence-corrected chi connectivity index (χ1v) is 9.63. The number of nitrogens with zero attached hydrogens (tertiary/aromatic N) is 3. The van der Waals surface area contributed by atoms with Gasteiger partial charge in [-0.3, -0.25) is 4.79 Å². The Labute approximate surface area is 166 Å². The molecule has 4 N–H and O–H groups in total. The number of nitrogens with two attached hydrogens (primary N) is 2. The molecule has 0 radical (unpaired) electrons. The van der Waals surface area contributed by atoms with Gasteiger partial charge in [0.1, 0.15) is 0 Å². The van der Waals surface area contributed by atoms with Gasteiger partial charge >= 0.3 is 0 Å². The van der Waals surface area contributed by atoms with Gasteiger partial charge in [-0.25, -0.2) is 9.97 Å². The standard InChI is InChI=1S/C19H20ClN5OS/c1-25(14(10-21)8-12-4-2-3-5-15(12)20)19-23-7-6-16(24-19)17-9-13(11-27-17)18(22)26/h2-7,9,11,14H,8,10,21H2,1H3,(H2,22,26). The van der Waals surface area contributed by atoms with Gasteiger partial charge in [-0.2, -0.15) is 0 Å². The van der Waals surface area contributed by atoms with Crippen molar-refractivity contribution < 1.29 is 4.79 Å². The molecule has 1 atom stereocenters. The number of aromatic nitrogens is 2. The van der Waals surface area contributed by atoms with Crippen LogP contribution in [0, 0.1) is 0 Å². The van der Waals surface area contributed by atoms with E-state index in [9.17, 15) is 4.79 Å². The molecule has 3 aromatic rings. The van der Waals surface area contributed by atoms with Crippen LogP contribution in [0.1, 0.15) is 15.9 Å². The first-order chi connectivity index (χ1) is 13.0. The monoisotopic (exact) mass is 401 g/mol. The van der Waals surface area contributed by atoms with Gasteiger partial charge in [-0.15, -0.1) is 11.3 Å². The lowest BCUT2D eigenvalue weighted by molar-refractivity contribution is 0.100. The number of carbonyl (C=O) groups is 1. The number of thiophene rings is 1. The second-order valence-corrected chi connectivity index (χ2v) is 7.42. The Hall–Kier alpha value is -2.48. The van der Waals surface area contributed by atoms with Crippen LogP contribution in [0.4, 0.5) is 5.95 Å². The fraction of sp³-hybridized carbons (Fsp3) is 0.211. The molecule has 2 heterocycles. The molecule has 0 aliphatic heterocycles. The summed E-state index contributed by atoms with van der Waals surface area (Å²) in [5.41, 5.74) is 13.6. The maximum absolute atomic E-state index is 11.3. The van der Waals surface area contributed by atoms with Gasteiger partial charge in [0.15, 0.2) is 0 Å². The fourth-order valence-corrected chi connectivity index (χ4v) is 3.80. The van der Waals surface area contributed by atoms with Gasteiger partial charge in [0.25, 0.3) is 0 Å². The Morgan fingerprint density at radius 3 is 2.78 bits per heavy atom. The normalized spacial score (nSPS) is 12.0. The van der Waals surface area contributed by atoms with Crippen molar-refractivity contribution in [2.24, 2.45) is 11.5 Å². The maximum atomic E-state index is 11.3. The summed E-state index contributed by atoms with van der Waals surface area (Å²) in [4.78, 5) is 23.1. The third-order valence-electron chi connectivity index (χ3n) is 4.33. The van der Waals surface area contributed by atoms with E-state index in [-0.39, 0.29) is 6.04 Å². The van der Waals surface area contributed by atoms with Gasteiger partial charge in [-0.05, 0) is 30.2 Å². The number of primary amides is 1. The molecule has 0 aliphatic rings. The highest BCUT2D eigenvalue weighted by atomic mass is 35.5. The van der Waals surface area contributed by atoms with E-state index in [4.69, 9.17) is 23.1 Å². The molecule has 0 spiro atoms. The predicted octanol–water partition coefficient (Wildman–Crippen LogP) is 2.96. The number of halogens is 1. The summed E-state index contributed by atoms with van der Waals surface area (Å²) in [5, 5.41) is 2.44. The zero-order valence-corrected chi connectivity index (χ0v) is 16.4. The maximum Gasteiger partial charge on any atom is 0.249 e. The minimum absolute atomic E-state index is 0.00957. The van der Waals surface area contributed by atoms with Crippen LogP contribution >= 0.6 is 22.9 Å². The lowest BCUT2D eigenvalue weighted by atomic mass is 10.1.